The van der Waals surface area contributed by atoms with Gasteiger partial charge in [0.05, 0.1) is 71.9 Å². The third-order valence-electron chi connectivity index (χ3n) is 8.45. The van der Waals surface area contributed by atoms with E-state index >= 15 is 0 Å². The van der Waals surface area contributed by atoms with Gasteiger partial charge in [0, 0.05) is 36.0 Å². The van der Waals surface area contributed by atoms with E-state index in [9.17, 15) is 19.5 Å². The van der Waals surface area contributed by atoms with E-state index in [1.165, 1.54) is 0 Å². The summed E-state index contributed by atoms with van der Waals surface area (Å²) in [6, 6.07) is 22.1. The minimum absolute atomic E-state index is 0.216. The number of pyridine rings is 1. The van der Waals surface area contributed by atoms with Crippen LogP contribution in [-0.2, 0) is 33.3 Å². The van der Waals surface area contributed by atoms with Crippen LogP contribution in [0.2, 0.25) is 0 Å². The molecule has 16 nitrogen and oxygen atoms in total. The van der Waals surface area contributed by atoms with Crippen LogP contribution in [0.1, 0.15) is 36.4 Å². The predicted octanol–water partition coefficient (Wildman–Crippen LogP) is 5.61. The molecule has 0 radical (unpaired) electrons. The highest BCUT2D eigenvalue weighted by atomic mass is 16.6. The number of rotatable bonds is 28. The molecule has 0 aliphatic heterocycles. The van der Waals surface area contributed by atoms with Crippen molar-refractivity contribution in [3.05, 3.63) is 101 Å². The maximum atomic E-state index is 12.9. The average Bonchev–Trinajstić information content (AvgIpc) is 3.21. The van der Waals surface area contributed by atoms with Gasteiger partial charge in [0.25, 0.3) is 0 Å². The second-order valence-electron chi connectivity index (χ2n) is 12.8. The lowest BCUT2D eigenvalue weighted by atomic mass is 9.94. The molecule has 304 valence electrons. The van der Waals surface area contributed by atoms with Gasteiger partial charge in [0.2, 0.25) is 11.8 Å². The number of aryl methyl sites for hydroxylation is 1. The summed E-state index contributed by atoms with van der Waals surface area (Å²) in [5.41, 5.74) is 11.7. The molecule has 57 heavy (non-hydrogen) atoms. The van der Waals surface area contributed by atoms with E-state index in [1.807, 2.05) is 73.7 Å². The first-order valence-corrected chi connectivity index (χ1v) is 18.8. The van der Waals surface area contributed by atoms with Crippen molar-refractivity contribution in [2.75, 3.05) is 84.4 Å². The summed E-state index contributed by atoms with van der Waals surface area (Å²) in [6.45, 7) is 6.16. The van der Waals surface area contributed by atoms with E-state index in [0.717, 1.165) is 33.3 Å². The minimum Gasteiger partial charge on any atom is -0.491 e. The number of nitrogens with zero attached hydrogens (tertiary/aromatic N) is 4. The minimum atomic E-state index is -1.07. The topological polar surface area (TPSA) is 215 Å². The zero-order chi connectivity index (χ0) is 40.5. The first-order chi connectivity index (χ1) is 27.8. The van der Waals surface area contributed by atoms with Crippen molar-refractivity contribution >= 4 is 34.4 Å². The first-order valence-electron chi connectivity index (χ1n) is 18.8. The number of hydrogen-bond donors (Lipinski definition) is 4. The Morgan fingerprint density at radius 3 is 2.23 bits per heavy atom. The molecule has 4 rings (SSSR count). The highest BCUT2D eigenvalue weighted by molar-refractivity contribution is 6.00. The summed E-state index contributed by atoms with van der Waals surface area (Å²) < 4.78 is 28.0. The van der Waals surface area contributed by atoms with Crippen molar-refractivity contribution < 1.29 is 43.2 Å². The highest BCUT2D eigenvalue weighted by Gasteiger charge is 2.20. The summed E-state index contributed by atoms with van der Waals surface area (Å²) >= 11 is 0. The molecule has 4 aromatic rings. The number of aliphatic carboxylic acids is 1. The van der Waals surface area contributed by atoms with Crippen molar-refractivity contribution in [3.63, 3.8) is 0 Å². The zero-order valence-corrected chi connectivity index (χ0v) is 32.2. The normalized spacial score (nSPS) is 11.4. The molecule has 0 saturated carbocycles. The number of carbonyl (C=O) groups is 3. The molecule has 0 aliphatic carbocycles. The van der Waals surface area contributed by atoms with E-state index in [0.29, 0.717) is 90.3 Å². The molecule has 1 aromatic heterocycles. The summed E-state index contributed by atoms with van der Waals surface area (Å²) in [6.07, 6.45) is 2.14. The maximum Gasteiger partial charge on any atom is 0.305 e. The zero-order valence-electron chi connectivity index (χ0n) is 32.2. The lowest BCUT2D eigenvalue weighted by Gasteiger charge is -2.19. The van der Waals surface area contributed by atoms with Gasteiger partial charge in [-0.25, -0.2) is 4.98 Å². The standard InChI is InChI=1S/C41H51N7O9/c1-30-13-15-44-38(26-30)43-14-5-10-39(49)45-29-40(50)47-36(28-41(51)52)32-7-4-6-31(27-32)33-11-12-37(35-9-3-2-8-34(33)35)57-25-24-56-23-22-55-21-20-54-19-18-53-17-16-46-48-42/h2-4,6-9,11-13,15,26-27,36H,5,10,14,16-25,28-29H2,1H3,(H,43,44)(H,45,49)(H,47,50)(H,51,52). The van der Waals surface area contributed by atoms with Crippen LogP contribution in [-0.4, -0.2) is 107 Å². The highest BCUT2D eigenvalue weighted by Crippen LogP contribution is 2.35. The molecular weight excluding hydrogens is 734 g/mol. The van der Waals surface area contributed by atoms with Crippen LogP contribution in [0.15, 0.2) is 84.1 Å². The number of carboxylic acid groups (broad SMARTS) is 1. The van der Waals surface area contributed by atoms with E-state index in [2.05, 4.69) is 31.0 Å². The van der Waals surface area contributed by atoms with Crippen molar-refractivity contribution in [2.24, 2.45) is 5.11 Å². The Hall–Kier alpha value is -5.77. The number of azide groups is 1. The van der Waals surface area contributed by atoms with Crippen LogP contribution in [0.25, 0.3) is 32.3 Å². The number of benzene rings is 3. The Kier molecular flexibility index (Phi) is 19.6. The molecule has 0 saturated heterocycles. The molecule has 3 aromatic carbocycles. The third-order valence-corrected chi connectivity index (χ3v) is 8.45. The van der Waals surface area contributed by atoms with Crippen LogP contribution in [0.5, 0.6) is 5.75 Å². The summed E-state index contributed by atoms with van der Waals surface area (Å²) in [5.74, 6) is -0.411. The van der Waals surface area contributed by atoms with E-state index in [1.54, 1.807) is 12.3 Å². The smallest absolute Gasteiger partial charge is 0.305 e. The van der Waals surface area contributed by atoms with Gasteiger partial charge in [0.1, 0.15) is 18.2 Å². The average molecular weight is 786 g/mol. The van der Waals surface area contributed by atoms with Gasteiger partial charge in [0.15, 0.2) is 0 Å². The van der Waals surface area contributed by atoms with Gasteiger partial charge in [-0.1, -0.05) is 53.6 Å². The Balaban J connectivity index is 1.22. The number of carbonyl (C=O) groups excluding carboxylic acids is 2. The van der Waals surface area contributed by atoms with E-state index < -0.39 is 17.9 Å². The fraction of sp³-hybridized carbons (Fsp3) is 0.415. The number of nitrogens with one attached hydrogen (secondary N) is 3. The van der Waals surface area contributed by atoms with Crippen LogP contribution in [0.3, 0.4) is 0 Å². The van der Waals surface area contributed by atoms with Gasteiger partial charge < -0.3 is 44.7 Å². The molecule has 4 N–H and O–H groups in total. The molecular formula is C41H51N7O9. The van der Waals surface area contributed by atoms with Crippen molar-refractivity contribution in [3.8, 4) is 16.9 Å². The van der Waals surface area contributed by atoms with Crippen LogP contribution >= 0.6 is 0 Å². The second kappa shape index (κ2) is 25.4. The summed E-state index contributed by atoms with van der Waals surface area (Å²) in [4.78, 5) is 44.0. The van der Waals surface area contributed by atoms with Crippen molar-refractivity contribution in [1.82, 2.24) is 15.6 Å². The maximum absolute atomic E-state index is 12.9. The quantitative estimate of drug-likeness (QED) is 0.0240. The predicted molar refractivity (Wildman–Crippen MR) is 215 cm³/mol. The largest absolute Gasteiger partial charge is 0.491 e. The van der Waals surface area contributed by atoms with E-state index in [4.69, 9.17) is 29.2 Å². The molecule has 2 amide bonds. The fourth-order valence-electron chi connectivity index (χ4n) is 5.73. The van der Waals surface area contributed by atoms with Crippen molar-refractivity contribution in [1.29, 1.82) is 0 Å². The van der Waals surface area contributed by atoms with Gasteiger partial charge in [-0.05, 0) is 70.8 Å². The third kappa shape index (κ3) is 16.5. The molecule has 1 unspecified atom stereocenters. The molecule has 1 heterocycles. The second-order valence-corrected chi connectivity index (χ2v) is 12.8. The van der Waals surface area contributed by atoms with Gasteiger partial charge >= 0.3 is 5.97 Å². The number of ether oxygens (including phenoxy) is 5. The van der Waals surface area contributed by atoms with Crippen molar-refractivity contribution in [2.45, 2.75) is 32.2 Å². The Morgan fingerprint density at radius 1 is 0.825 bits per heavy atom. The lowest BCUT2D eigenvalue weighted by Crippen LogP contribution is -2.39. The Morgan fingerprint density at radius 2 is 1.53 bits per heavy atom. The number of aromatic nitrogens is 1. The van der Waals surface area contributed by atoms with Crippen LogP contribution < -0.4 is 20.7 Å². The number of fused-ring (bicyclic) bond motifs is 1. The molecule has 0 fully saturated rings. The Bertz CT molecular complexity index is 1920. The number of carboxylic acids is 1. The molecule has 0 bridgehead atoms. The SMILES string of the molecule is Cc1ccnc(NCCCC(=O)NCC(=O)NC(CC(=O)O)c2cccc(-c3ccc(OCCOCCOCCOCCOCCN=[N+]=[N-])c4ccccc34)c2)c1. The molecule has 16 heteroatoms. The lowest BCUT2D eigenvalue weighted by molar-refractivity contribution is -0.138. The van der Waals surface area contributed by atoms with Gasteiger partial charge in [-0.3, -0.25) is 14.4 Å². The monoisotopic (exact) mass is 785 g/mol. The van der Waals surface area contributed by atoms with E-state index in [-0.39, 0.29) is 25.3 Å². The van der Waals surface area contributed by atoms with Gasteiger partial charge in [-0.15, -0.1) is 0 Å². The number of hydrogen-bond acceptors (Lipinski definition) is 11. The summed E-state index contributed by atoms with van der Waals surface area (Å²) in [5, 5.41) is 23.5. The Labute approximate surface area is 331 Å². The van der Waals surface area contributed by atoms with Crippen LogP contribution in [0, 0.1) is 6.92 Å². The molecule has 0 aliphatic rings. The molecule has 1 atom stereocenters. The summed E-state index contributed by atoms with van der Waals surface area (Å²) in [7, 11) is 0. The first kappa shape index (κ1) is 44.0. The number of amides is 2. The molecule has 0 spiro atoms. The number of anilines is 1. The fourth-order valence-corrected chi connectivity index (χ4v) is 5.73. The van der Waals surface area contributed by atoms with Crippen LogP contribution in [0.4, 0.5) is 5.82 Å². The van der Waals surface area contributed by atoms with Gasteiger partial charge in [-0.2, -0.15) is 0 Å².